The van der Waals surface area contributed by atoms with Gasteiger partial charge < -0.3 is 21.3 Å². The van der Waals surface area contributed by atoms with Crippen LogP contribution in [-0.4, -0.2) is 35.0 Å². The summed E-state index contributed by atoms with van der Waals surface area (Å²) in [5, 5.41) is 5.52. The van der Waals surface area contributed by atoms with Crippen molar-refractivity contribution < 1.29 is 22.8 Å². The zero-order valence-electron chi connectivity index (χ0n) is 18.8. The third-order valence-electron chi connectivity index (χ3n) is 5.72. The Labute approximate surface area is 199 Å². The molecule has 182 valence electrons. The van der Waals surface area contributed by atoms with Gasteiger partial charge in [0.05, 0.1) is 11.7 Å². The SMILES string of the molecule is C[C@@H](NC=O)Nc1cc(C(N)=O)nc(N2CCc3c(cccc3-c3ccc(C(F)(F)F)cc3)C2)n1. The van der Waals surface area contributed by atoms with Gasteiger partial charge in [0.25, 0.3) is 5.91 Å². The smallest absolute Gasteiger partial charge is 0.364 e. The Morgan fingerprint density at radius 3 is 2.57 bits per heavy atom. The van der Waals surface area contributed by atoms with Crippen LogP contribution in [0.3, 0.4) is 0 Å². The van der Waals surface area contributed by atoms with Crippen molar-refractivity contribution in [3.8, 4) is 11.1 Å². The van der Waals surface area contributed by atoms with Crippen molar-refractivity contribution >= 4 is 24.1 Å². The number of carbonyl (C=O) groups is 2. The molecular weight excluding hydrogens is 461 g/mol. The van der Waals surface area contributed by atoms with Crippen LogP contribution in [0, 0.1) is 0 Å². The van der Waals surface area contributed by atoms with E-state index in [4.69, 9.17) is 5.73 Å². The van der Waals surface area contributed by atoms with E-state index >= 15 is 0 Å². The largest absolute Gasteiger partial charge is 0.416 e. The molecule has 1 aliphatic heterocycles. The lowest BCUT2D eigenvalue weighted by molar-refractivity contribution is -0.137. The number of primary amides is 1. The fourth-order valence-corrected chi connectivity index (χ4v) is 4.03. The number of rotatable bonds is 7. The number of carbonyl (C=O) groups excluding carboxylic acids is 2. The summed E-state index contributed by atoms with van der Waals surface area (Å²) in [5.74, 6) is -0.0858. The van der Waals surface area contributed by atoms with Gasteiger partial charge in [-0.3, -0.25) is 9.59 Å². The molecule has 8 nitrogen and oxygen atoms in total. The van der Waals surface area contributed by atoms with Crippen molar-refractivity contribution in [3.63, 3.8) is 0 Å². The highest BCUT2D eigenvalue weighted by molar-refractivity contribution is 5.91. The normalized spacial score (nSPS) is 14.1. The maximum Gasteiger partial charge on any atom is 0.416 e. The van der Waals surface area contributed by atoms with Crippen LogP contribution < -0.4 is 21.3 Å². The van der Waals surface area contributed by atoms with Crippen LogP contribution in [0.1, 0.15) is 34.1 Å². The first-order valence-corrected chi connectivity index (χ1v) is 10.8. The Morgan fingerprint density at radius 2 is 1.91 bits per heavy atom. The lowest BCUT2D eigenvalue weighted by Gasteiger charge is -2.31. The summed E-state index contributed by atoms with van der Waals surface area (Å²) in [6, 6.07) is 12.2. The molecule has 3 aromatic rings. The average Bonchev–Trinajstić information content (AvgIpc) is 2.82. The van der Waals surface area contributed by atoms with Crippen molar-refractivity contribution in [2.24, 2.45) is 5.73 Å². The predicted octanol–water partition coefficient (Wildman–Crippen LogP) is 3.33. The first-order valence-electron chi connectivity index (χ1n) is 10.8. The number of nitrogens with zero attached hydrogens (tertiary/aromatic N) is 3. The molecule has 1 atom stereocenters. The monoisotopic (exact) mass is 484 g/mol. The molecule has 2 amide bonds. The molecule has 0 spiro atoms. The number of aromatic nitrogens is 2. The quantitative estimate of drug-likeness (QED) is 0.350. The maximum absolute atomic E-state index is 12.9. The molecule has 0 unspecified atom stereocenters. The zero-order valence-corrected chi connectivity index (χ0v) is 18.8. The highest BCUT2D eigenvalue weighted by Gasteiger charge is 2.30. The van der Waals surface area contributed by atoms with Crippen LogP contribution in [0.5, 0.6) is 0 Å². The van der Waals surface area contributed by atoms with Gasteiger partial charge in [-0.05, 0) is 47.7 Å². The maximum atomic E-state index is 12.9. The molecule has 1 aromatic heterocycles. The third-order valence-corrected chi connectivity index (χ3v) is 5.72. The summed E-state index contributed by atoms with van der Waals surface area (Å²) in [6.45, 7) is 2.67. The van der Waals surface area contributed by atoms with E-state index in [0.29, 0.717) is 43.3 Å². The zero-order chi connectivity index (χ0) is 25.2. The second-order valence-electron chi connectivity index (χ2n) is 8.14. The number of benzene rings is 2. The fraction of sp³-hybridized carbons (Fsp3) is 0.250. The van der Waals surface area contributed by atoms with Crippen LogP contribution in [0.25, 0.3) is 11.1 Å². The van der Waals surface area contributed by atoms with Gasteiger partial charge in [0, 0.05) is 19.2 Å². The van der Waals surface area contributed by atoms with Crippen molar-refractivity contribution in [2.75, 3.05) is 16.8 Å². The second kappa shape index (κ2) is 9.61. The molecule has 0 saturated carbocycles. The molecule has 0 bridgehead atoms. The van der Waals surface area contributed by atoms with Gasteiger partial charge in [-0.25, -0.2) is 4.98 Å². The first kappa shape index (κ1) is 24.0. The molecule has 11 heteroatoms. The summed E-state index contributed by atoms with van der Waals surface area (Å²) in [6.07, 6.45) is -3.68. The number of hydrogen-bond donors (Lipinski definition) is 3. The van der Waals surface area contributed by atoms with Crippen molar-refractivity contribution in [3.05, 3.63) is 70.9 Å². The standard InChI is InChI=1S/C24H23F3N6O2/c1-14(29-13-34)30-21-11-20(22(28)35)31-23(32-21)33-10-9-19-16(12-33)3-2-4-18(19)15-5-7-17(8-6-15)24(25,26)27/h2-8,11,13-14H,9-10,12H2,1H3,(H2,28,35)(H,29,34)(H,30,31,32)/t14-/m0/s1. The Hall–Kier alpha value is -4.15. The van der Waals surface area contributed by atoms with Crippen molar-refractivity contribution in [2.45, 2.75) is 32.2 Å². The molecule has 4 rings (SSSR count). The topological polar surface area (TPSA) is 113 Å². The fourth-order valence-electron chi connectivity index (χ4n) is 4.03. The number of hydrogen-bond acceptors (Lipinski definition) is 6. The van der Waals surface area contributed by atoms with E-state index in [1.807, 2.05) is 23.1 Å². The number of halogens is 3. The highest BCUT2D eigenvalue weighted by atomic mass is 19.4. The van der Waals surface area contributed by atoms with E-state index in [1.54, 1.807) is 6.92 Å². The summed E-state index contributed by atoms with van der Waals surface area (Å²) in [5.41, 5.74) is 8.39. The van der Waals surface area contributed by atoms with Gasteiger partial charge in [-0.15, -0.1) is 0 Å². The van der Waals surface area contributed by atoms with Crippen molar-refractivity contribution in [1.82, 2.24) is 15.3 Å². The van der Waals surface area contributed by atoms with Crippen LogP contribution in [0.4, 0.5) is 24.9 Å². The molecule has 2 aromatic carbocycles. The minimum Gasteiger partial charge on any atom is -0.364 e. The second-order valence-corrected chi connectivity index (χ2v) is 8.14. The first-order chi connectivity index (χ1) is 16.7. The molecule has 1 aliphatic rings. The van der Waals surface area contributed by atoms with Gasteiger partial charge >= 0.3 is 6.18 Å². The number of amides is 2. The van der Waals surface area contributed by atoms with Crippen LogP contribution in [-0.2, 0) is 23.9 Å². The Balaban J connectivity index is 1.62. The number of nitrogens with two attached hydrogens (primary N) is 1. The van der Waals surface area contributed by atoms with Crippen LogP contribution in [0.15, 0.2) is 48.5 Å². The molecule has 0 saturated heterocycles. The van der Waals surface area contributed by atoms with E-state index in [-0.39, 0.29) is 5.69 Å². The molecule has 0 aliphatic carbocycles. The molecule has 0 fully saturated rings. The molecule has 0 radical (unpaired) electrons. The van der Waals surface area contributed by atoms with Gasteiger partial charge in [0.15, 0.2) is 0 Å². The third kappa shape index (κ3) is 5.34. The van der Waals surface area contributed by atoms with Gasteiger partial charge in [-0.1, -0.05) is 30.3 Å². The molecule has 35 heavy (non-hydrogen) atoms. The predicted molar refractivity (Wildman–Crippen MR) is 124 cm³/mol. The van der Waals surface area contributed by atoms with Crippen molar-refractivity contribution in [1.29, 1.82) is 0 Å². The Morgan fingerprint density at radius 1 is 1.17 bits per heavy atom. The Bertz CT molecular complexity index is 1250. The minimum atomic E-state index is -4.39. The van der Waals surface area contributed by atoms with E-state index in [1.165, 1.54) is 18.2 Å². The lowest BCUT2D eigenvalue weighted by Crippen LogP contribution is -2.35. The molecule has 4 N–H and O–H groups in total. The summed E-state index contributed by atoms with van der Waals surface area (Å²) in [4.78, 5) is 33.2. The van der Waals surface area contributed by atoms with E-state index < -0.39 is 23.8 Å². The number of alkyl halides is 3. The molecule has 2 heterocycles. The van der Waals surface area contributed by atoms with E-state index in [9.17, 15) is 22.8 Å². The number of fused-ring (bicyclic) bond motifs is 1. The minimum absolute atomic E-state index is 0.0279. The van der Waals surface area contributed by atoms with Crippen LogP contribution >= 0.6 is 0 Å². The van der Waals surface area contributed by atoms with Crippen LogP contribution in [0.2, 0.25) is 0 Å². The summed E-state index contributed by atoms with van der Waals surface area (Å²) in [7, 11) is 0. The summed E-state index contributed by atoms with van der Waals surface area (Å²) >= 11 is 0. The summed E-state index contributed by atoms with van der Waals surface area (Å²) < 4.78 is 38.8. The highest BCUT2D eigenvalue weighted by Crippen LogP contribution is 2.34. The Kier molecular flexibility index (Phi) is 6.59. The van der Waals surface area contributed by atoms with Gasteiger partial charge in [0.1, 0.15) is 11.5 Å². The van der Waals surface area contributed by atoms with E-state index in [0.717, 1.165) is 28.8 Å². The average molecular weight is 484 g/mol. The van der Waals surface area contributed by atoms with Gasteiger partial charge in [-0.2, -0.15) is 18.2 Å². The van der Waals surface area contributed by atoms with E-state index in [2.05, 4.69) is 20.6 Å². The van der Waals surface area contributed by atoms with Gasteiger partial charge in [0.2, 0.25) is 12.4 Å². The number of nitrogens with one attached hydrogen (secondary N) is 2. The molecular formula is C24H23F3N6O2. The lowest BCUT2D eigenvalue weighted by atomic mass is 9.90. The number of anilines is 2.